The molecule has 174 valence electrons. The standard InChI is InChI=1S/C24H28N4O4S/c1-30-16-7-8-20(21(13-16)31-2)26-22(29)15-33-24-19(14-25)17-5-3-4-6-18(17)23(27-24)28-9-11-32-12-10-28/h7-8,13H,3-6,9-12,15H2,1-2H3,(H,26,29). The summed E-state index contributed by atoms with van der Waals surface area (Å²) in [7, 11) is 3.12. The highest BCUT2D eigenvalue weighted by atomic mass is 32.2. The van der Waals surface area contributed by atoms with Crippen LogP contribution < -0.4 is 19.7 Å². The number of pyridine rings is 1. The van der Waals surface area contributed by atoms with Gasteiger partial charge < -0.3 is 24.4 Å². The molecule has 33 heavy (non-hydrogen) atoms. The van der Waals surface area contributed by atoms with Gasteiger partial charge in [0.2, 0.25) is 5.91 Å². The van der Waals surface area contributed by atoms with Crippen molar-refractivity contribution in [2.75, 3.05) is 56.5 Å². The quantitative estimate of drug-likeness (QED) is 0.618. The fraction of sp³-hybridized carbons (Fsp3) is 0.458. The number of benzene rings is 1. The van der Waals surface area contributed by atoms with Crippen LogP contribution in [-0.4, -0.2) is 57.2 Å². The van der Waals surface area contributed by atoms with Crippen molar-refractivity contribution in [1.29, 1.82) is 5.26 Å². The Bertz CT molecular complexity index is 1060. The summed E-state index contributed by atoms with van der Waals surface area (Å²) >= 11 is 1.30. The number of hydrogen-bond donors (Lipinski definition) is 1. The van der Waals surface area contributed by atoms with E-state index in [1.807, 2.05) is 0 Å². The lowest BCUT2D eigenvalue weighted by atomic mass is 9.89. The summed E-state index contributed by atoms with van der Waals surface area (Å²) in [5, 5.41) is 13.4. The van der Waals surface area contributed by atoms with Crippen LogP contribution in [0, 0.1) is 11.3 Å². The zero-order valence-electron chi connectivity index (χ0n) is 19.0. The number of carbonyl (C=O) groups excluding carboxylic acids is 1. The summed E-state index contributed by atoms with van der Waals surface area (Å²) in [6.45, 7) is 2.91. The molecule has 1 saturated heterocycles. The minimum absolute atomic E-state index is 0.137. The first-order chi connectivity index (χ1) is 16.1. The lowest BCUT2D eigenvalue weighted by Gasteiger charge is -2.32. The fourth-order valence-electron chi connectivity index (χ4n) is 4.26. The number of nitrogens with one attached hydrogen (secondary N) is 1. The first-order valence-electron chi connectivity index (χ1n) is 11.1. The molecule has 2 aromatic rings. The van der Waals surface area contributed by atoms with E-state index in [4.69, 9.17) is 19.2 Å². The number of nitrogens with zero attached hydrogens (tertiary/aromatic N) is 3. The third kappa shape index (κ3) is 5.18. The van der Waals surface area contributed by atoms with E-state index >= 15 is 0 Å². The third-order valence-corrected chi connectivity index (χ3v) is 6.88. The highest BCUT2D eigenvalue weighted by Crippen LogP contribution is 2.36. The first kappa shape index (κ1) is 23.2. The van der Waals surface area contributed by atoms with Gasteiger partial charge in [-0.3, -0.25) is 4.79 Å². The van der Waals surface area contributed by atoms with Crippen LogP contribution in [-0.2, 0) is 22.4 Å². The van der Waals surface area contributed by atoms with E-state index in [1.54, 1.807) is 32.4 Å². The van der Waals surface area contributed by atoms with E-state index in [2.05, 4.69) is 16.3 Å². The molecular weight excluding hydrogens is 440 g/mol. The van der Waals surface area contributed by atoms with Crippen molar-refractivity contribution in [3.8, 4) is 17.6 Å². The molecule has 1 aromatic carbocycles. The van der Waals surface area contributed by atoms with Crippen LogP contribution in [0.15, 0.2) is 23.2 Å². The number of aromatic nitrogens is 1. The second-order valence-corrected chi connectivity index (χ2v) is 8.86. The molecule has 8 nitrogen and oxygen atoms in total. The number of ether oxygens (including phenoxy) is 3. The highest BCUT2D eigenvalue weighted by molar-refractivity contribution is 8.00. The average molecular weight is 469 g/mol. The van der Waals surface area contributed by atoms with Gasteiger partial charge in [-0.1, -0.05) is 11.8 Å². The maximum Gasteiger partial charge on any atom is 0.234 e. The molecule has 1 aromatic heterocycles. The smallest absolute Gasteiger partial charge is 0.234 e. The van der Waals surface area contributed by atoms with Crippen LogP contribution in [0.5, 0.6) is 11.5 Å². The summed E-state index contributed by atoms with van der Waals surface area (Å²) in [6, 6.07) is 7.59. The Morgan fingerprint density at radius 3 is 2.67 bits per heavy atom. The van der Waals surface area contributed by atoms with Crippen molar-refractivity contribution in [1.82, 2.24) is 4.98 Å². The molecule has 2 aliphatic rings. The maximum absolute atomic E-state index is 12.7. The Hall–Kier alpha value is -2.96. The number of anilines is 2. The summed E-state index contributed by atoms with van der Waals surface area (Å²) < 4.78 is 16.1. The maximum atomic E-state index is 12.7. The Morgan fingerprint density at radius 2 is 1.97 bits per heavy atom. The number of fused-ring (bicyclic) bond motifs is 1. The Kier molecular flexibility index (Phi) is 7.57. The van der Waals surface area contributed by atoms with Crippen molar-refractivity contribution in [3.05, 3.63) is 34.9 Å². The van der Waals surface area contributed by atoms with Gasteiger partial charge in [-0.25, -0.2) is 4.98 Å². The van der Waals surface area contributed by atoms with Gasteiger partial charge in [0.25, 0.3) is 0 Å². The van der Waals surface area contributed by atoms with Gasteiger partial charge in [0, 0.05) is 19.2 Å². The van der Waals surface area contributed by atoms with Crippen LogP contribution in [0.3, 0.4) is 0 Å². The predicted octanol–water partition coefficient (Wildman–Crippen LogP) is 3.42. The van der Waals surface area contributed by atoms with E-state index in [0.29, 0.717) is 41.0 Å². The van der Waals surface area contributed by atoms with Gasteiger partial charge >= 0.3 is 0 Å². The van der Waals surface area contributed by atoms with Crippen molar-refractivity contribution < 1.29 is 19.0 Å². The van der Waals surface area contributed by atoms with E-state index < -0.39 is 0 Å². The molecule has 1 N–H and O–H groups in total. The van der Waals surface area contributed by atoms with Crippen LogP contribution in [0.1, 0.15) is 29.5 Å². The van der Waals surface area contributed by atoms with E-state index in [0.717, 1.165) is 50.2 Å². The molecule has 1 aliphatic heterocycles. The molecule has 0 spiro atoms. The number of amides is 1. The molecule has 0 saturated carbocycles. The zero-order valence-corrected chi connectivity index (χ0v) is 19.8. The van der Waals surface area contributed by atoms with E-state index in [9.17, 15) is 10.1 Å². The number of hydrogen-bond acceptors (Lipinski definition) is 8. The van der Waals surface area contributed by atoms with E-state index in [1.165, 1.54) is 17.3 Å². The molecule has 9 heteroatoms. The van der Waals surface area contributed by atoms with Crippen LogP contribution in [0.4, 0.5) is 11.5 Å². The second-order valence-electron chi connectivity index (χ2n) is 7.89. The molecule has 1 fully saturated rings. The fourth-order valence-corrected chi connectivity index (χ4v) is 5.06. The lowest BCUT2D eigenvalue weighted by Crippen LogP contribution is -2.38. The molecule has 4 rings (SSSR count). The van der Waals surface area contributed by atoms with Crippen molar-refractivity contribution in [3.63, 3.8) is 0 Å². The Morgan fingerprint density at radius 1 is 1.21 bits per heavy atom. The van der Waals surface area contributed by atoms with Gasteiger partial charge in [0.15, 0.2) is 0 Å². The summed E-state index contributed by atoms with van der Waals surface area (Å²) in [4.78, 5) is 19.9. The number of morpholine rings is 1. The topological polar surface area (TPSA) is 96.7 Å². The van der Waals surface area contributed by atoms with Crippen LogP contribution >= 0.6 is 11.8 Å². The summed E-state index contributed by atoms with van der Waals surface area (Å²) in [5.74, 6) is 2.06. The number of thioether (sulfide) groups is 1. The minimum Gasteiger partial charge on any atom is -0.497 e. The Labute approximate surface area is 198 Å². The number of methoxy groups -OCH3 is 2. The summed E-state index contributed by atoms with van der Waals surface area (Å²) in [5.41, 5.74) is 3.47. The molecule has 1 amide bonds. The third-order valence-electron chi connectivity index (χ3n) is 5.91. The Balaban J connectivity index is 1.55. The van der Waals surface area contributed by atoms with Gasteiger partial charge in [0.1, 0.15) is 28.4 Å². The van der Waals surface area contributed by atoms with Crippen LogP contribution in [0.25, 0.3) is 0 Å². The monoisotopic (exact) mass is 468 g/mol. The molecule has 0 bridgehead atoms. The van der Waals surface area contributed by atoms with Crippen LogP contribution in [0.2, 0.25) is 0 Å². The van der Waals surface area contributed by atoms with Gasteiger partial charge in [-0.05, 0) is 48.9 Å². The van der Waals surface area contributed by atoms with Crippen molar-refractivity contribution >= 4 is 29.2 Å². The number of nitriles is 1. The molecule has 2 heterocycles. The number of carbonyl (C=O) groups is 1. The molecule has 0 unspecified atom stereocenters. The van der Waals surface area contributed by atoms with Gasteiger partial charge in [0.05, 0.1) is 44.4 Å². The van der Waals surface area contributed by atoms with Gasteiger partial charge in [-0.15, -0.1) is 0 Å². The lowest BCUT2D eigenvalue weighted by molar-refractivity contribution is -0.113. The highest BCUT2D eigenvalue weighted by Gasteiger charge is 2.26. The minimum atomic E-state index is -0.195. The first-order valence-corrected chi connectivity index (χ1v) is 12.1. The SMILES string of the molecule is COc1ccc(NC(=O)CSc2nc(N3CCOCC3)c3c(c2C#N)CCCC3)c(OC)c1. The average Bonchev–Trinajstić information content (AvgIpc) is 2.87. The van der Waals surface area contributed by atoms with Gasteiger partial charge in [-0.2, -0.15) is 5.26 Å². The molecule has 0 radical (unpaired) electrons. The van der Waals surface area contributed by atoms with Crippen molar-refractivity contribution in [2.24, 2.45) is 0 Å². The molecule has 0 atom stereocenters. The number of rotatable bonds is 7. The summed E-state index contributed by atoms with van der Waals surface area (Å²) in [6.07, 6.45) is 3.98. The molecular formula is C24H28N4O4S. The largest absolute Gasteiger partial charge is 0.497 e. The predicted molar refractivity (Wildman–Crippen MR) is 128 cm³/mol. The zero-order chi connectivity index (χ0) is 23.2. The second kappa shape index (κ2) is 10.8. The van der Waals surface area contributed by atoms with Crippen molar-refractivity contribution in [2.45, 2.75) is 30.7 Å². The normalized spacial score (nSPS) is 15.4. The van der Waals surface area contributed by atoms with E-state index in [-0.39, 0.29) is 11.7 Å². The molecule has 1 aliphatic carbocycles.